The van der Waals surface area contributed by atoms with E-state index >= 15 is 0 Å². The van der Waals surface area contributed by atoms with Crippen molar-refractivity contribution >= 4 is 17.9 Å². The van der Waals surface area contributed by atoms with Gasteiger partial charge in [0.15, 0.2) is 6.10 Å². The molecule has 6 heteroatoms. The standard InChI is InChI=1S/C68H126O6/c1-4-7-10-13-16-19-22-25-28-31-34-37-40-43-46-49-52-55-58-61-67(70)73-64-65(63-72-66(69)60-57-54-51-48-45-42-39-36-33-30-27-24-21-18-15-12-9-6-3)74-68(71)62-59-56-53-50-47-44-41-38-35-32-29-26-23-20-17-14-11-8-5-2/h16,19,25-26,28-29,65H,4-15,17-18,20-24,27,30-64H2,1-3H3/b19-16-,28-25-,29-26-/t65-/m1/s1. The Morgan fingerprint density at radius 2 is 0.486 bits per heavy atom. The molecule has 434 valence electrons. The van der Waals surface area contributed by atoms with Crippen LogP contribution >= 0.6 is 0 Å². The lowest BCUT2D eigenvalue weighted by atomic mass is 10.0. The number of carbonyl (C=O) groups excluding carboxylic acids is 3. The normalized spacial score (nSPS) is 12.2. The van der Waals surface area contributed by atoms with Crippen LogP contribution in [0.3, 0.4) is 0 Å². The fraction of sp³-hybridized carbons (Fsp3) is 0.868. The van der Waals surface area contributed by atoms with Crippen molar-refractivity contribution in [2.75, 3.05) is 13.2 Å². The summed E-state index contributed by atoms with van der Waals surface area (Å²) < 4.78 is 17.0. The highest BCUT2D eigenvalue weighted by Crippen LogP contribution is 2.18. The Morgan fingerprint density at radius 1 is 0.270 bits per heavy atom. The first-order valence-corrected chi connectivity index (χ1v) is 33.0. The molecule has 0 aromatic heterocycles. The molecule has 0 aliphatic heterocycles. The van der Waals surface area contributed by atoms with Crippen LogP contribution < -0.4 is 0 Å². The molecule has 6 nitrogen and oxygen atoms in total. The third-order valence-electron chi connectivity index (χ3n) is 14.9. The van der Waals surface area contributed by atoms with E-state index in [1.54, 1.807) is 0 Å². The summed E-state index contributed by atoms with van der Waals surface area (Å²) in [5.74, 6) is -0.850. The second-order valence-electron chi connectivity index (χ2n) is 22.4. The monoisotopic (exact) mass is 1040 g/mol. The average Bonchev–Trinajstić information content (AvgIpc) is 3.40. The molecule has 0 rings (SSSR count). The Kier molecular flexibility index (Phi) is 61.1. The van der Waals surface area contributed by atoms with E-state index in [2.05, 4.69) is 57.2 Å². The molecule has 74 heavy (non-hydrogen) atoms. The molecule has 0 N–H and O–H groups in total. The summed E-state index contributed by atoms with van der Waals surface area (Å²) >= 11 is 0. The van der Waals surface area contributed by atoms with Crippen LogP contribution in [0, 0.1) is 0 Å². The van der Waals surface area contributed by atoms with E-state index in [4.69, 9.17) is 14.2 Å². The second-order valence-corrected chi connectivity index (χ2v) is 22.4. The van der Waals surface area contributed by atoms with Crippen molar-refractivity contribution in [2.24, 2.45) is 0 Å². The predicted octanol–water partition coefficient (Wildman–Crippen LogP) is 22.4. The minimum Gasteiger partial charge on any atom is -0.462 e. The molecule has 0 amide bonds. The molecule has 0 radical (unpaired) electrons. The molecule has 0 aromatic rings. The molecule has 1 atom stereocenters. The SMILES string of the molecule is CCCCC/C=C\C/C=C\CCCCCCCCCCCC(=O)OC[C@@H](COC(=O)CCCCCCCCCCCCCCCCCCCC)OC(=O)CCCCCCCCCCC/C=C\CCCCCCCC. The zero-order valence-electron chi connectivity index (χ0n) is 49.9. The summed E-state index contributed by atoms with van der Waals surface area (Å²) in [6.07, 6.45) is 77.2. The van der Waals surface area contributed by atoms with Gasteiger partial charge >= 0.3 is 17.9 Å². The molecule has 0 spiro atoms. The maximum atomic E-state index is 12.9. The quantitative estimate of drug-likeness (QED) is 0.0261. The first-order chi connectivity index (χ1) is 36.5. The molecule has 0 saturated carbocycles. The van der Waals surface area contributed by atoms with Crippen molar-refractivity contribution in [1.82, 2.24) is 0 Å². The fourth-order valence-corrected chi connectivity index (χ4v) is 9.88. The number of carbonyl (C=O) groups is 3. The highest BCUT2D eigenvalue weighted by atomic mass is 16.6. The fourth-order valence-electron chi connectivity index (χ4n) is 9.88. The van der Waals surface area contributed by atoms with Crippen LogP contribution in [-0.2, 0) is 28.6 Å². The Balaban J connectivity index is 4.33. The predicted molar refractivity (Wildman–Crippen MR) is 321 cm³/mol. The number of rotatable bonds is 61. The van der Waals surface area contributed by atoms with Crippen LogP contribution in [0.15, 0.2) is 36.5 Å². The van der Waals surface area contributed by atoms with Gasteiger partial charge in [-0.2, -0.15) is 0 Å². The van der Waals surface area contributed by atoms with Crippen molar-refractivity contribution in [3.05, 3.63) is 36.5 Å². The van der Waals surface area contributed by atoms with Gasteiger partial charge in [-0.15, -0.1) is 0 Å². The third-order valence-corrected chi connectivity index (χ3v) is 14.9. The Bertz CT molecular complexity index is 1240. The van der Waals surface area contributed by atoms with Gasteiger partial charge in [0.2, 0.25) is 0 Å². The highest BCUT2D eigenvalue weighted by Gasteiger charge is 2.19. The molecule has 0 aromatic carbocycles. The zero-order chi connectivity index (χ0) is 53.6. The first-order valence-electron chi connectivity index (χ1n) is 33.0. The Hall–Kier alpha value is -2.37. The Morgan fingerprint density at radius 3 is 0.784 bits per heavy atom. The van der Waals surface area contributed by atoms with Crippen molar-refractivity contribution < 1.29 is 28.6 Å². The van der Waals surface area contributed by atoms with Gasteiger partial charge in [0.05, 0.1) is 0 Å². The van der Waals surface area contributed by atoms with E-state index in [0.717, 1.165) is 64.2 Å². The van der Waals surface area contributed by atoms with Crippen LogP contribution in [0.2, 0.25) is 0 Å². The summed E-state index contributed by atoms with van der Waals surface area (Å²) in [6.45, 7) is 6.67. The molecule has 0 fully saturated rings. The third kappa shape index (κ3) is 60.5. The molecule has 0 unspecified atom stereocenters. The number of esters is 3. The topological polar surface area (TPSA) is 78.9 Å². The van der Waals surface area contributed by atoms with E-state index in [1.807, 2.05) is 0 Å². The van der Waals surface area contributed by atoms with Gasteiger partial charge in [-0.25, -0.2) is 0 Å². The summed E-state index contributed by atoms with van der Waals surface area (Å²) in [4.78, 5) is 38.4. The van der Waals surface area contributed by atoms with Crippen LogP contribution in [0.25, 0.3) is 0 Å². The summed E-state index contributed by atoms with van der Waals surface area (Å²) in [6, 6.07) is 0. The molecule has 0 heterocycles. The largest absolute Gasteiger partial charge is 0.462 e. The second kappa shape index (κ2) is 63.2. The minimum absolute atomic E-state index is 0.0695. The van der Waals surface area contributed by atoms with Crippen molar-refractivity contribution in [2.45, 2.75) is 367 Å². The number of hydrogen-bond donors (Lipinski definition) is 0. The average molecular weight is 1040 g/mol. The van der Waals surface area contributed by atoms with E-state index in [0.29, 0.717) is 19.3 Å². The summed E-state index contributed by atoms with van der Waals surface area (Å²) in [5, 5.41) is 0. The maximum Gasteiger partial charge on any atom is 0.306 e. The number of hydrogen-bond acceptors (Lipinski definition) is 6. The lowest BCUT2D eigenvalue weighted by molar-refractivity contribution is -0.167. The van der Waals surface area contributed by atoms with Gasteiger partial charge in [-0.1, -0.05) is 301 Å². The van der Waals surface area contributed by atoms with E-state index < -0.39 is 6.10 Å². The van der Waals surface area contributed by atoms with Crippen LogP contribution in [0.5, 0.6) is 0 Å². The molecule has 0 aliphatic rings. The molecule has 0 bridgehead atoms. The minimum atomic E-state index is -0.773. The first kappa shape index (κ1) is 71.6. The van der Waals surface area contributed by atoms with E-state index in [1.165, 1.54) is 257 Å². The van der Waals surface area contributed by atoms with Gasteiger partial charge in [0, 0.05) is 19.3 Å². The molecular formula is C68H126O6. The van der Waals surface area contributed by atoms with Gasteiger partial charge in [0.25, 0.3) is 0 Å². The number of ether oxygens (including phenoxy) is 3. The lowest BCUT2D eigenvalue weighted by Crippen LogP contribution is -2.30. The Labute approximate surface area is 461 Å². The smallest absolute Gasteiger partial charge is 0.306 e. The van der Waals surface area contributed by atoms with Crippen LogP contribution in [-0.4, -0.2) is 37.2 Å². The summed E-state index contributed by atoms with van der Waals surface area (Å²) in [5.41, 5.74) is 0. The van der Waals surface area contributed by atoms with Gasteiger partial charge < -0.3 is 14.2 Å². The van der Waals surface area contributed by atoms with E-state index in [-0.39, 0.29) is 31.1 Å². The number of allylic oxidation sites excluding steroid dienone is 6. The molecular weight excluding hydrogens is 913 g/mol. The van der Waals surface area contributed by atoms with Crippen LogP contribution in [0.1, 0.15) is 361 Å². The zero-order valence-corrected chi connectivity index (χ0v) is 49.9. The summed E-state index contributed by atoms with van der Waals surface area (Å²) in [7, 11) is 0. The maximum absolute atomic E-state index is 12.9. The van der Waals surface area contributed by atoms with Gasteiger partial charge in [0.1, 0.15) is 13.2 Å². The van der Waals surface area contributed by atoms with Gasteiger partial charge in [-0.3, -0.25) is 14.4 Å². The van der Waals surface area contributed by atoms with Crippen molar-refractivity contribution in [3.8, 4) is 0 Å². The van der Waals surface area contributed by atoms with Crippen molar-refractivity contribution in [3.63, 3.8) is 0 Å². The molecule has 0 saturated heterocycles. The van der Waals surface area contributed by atoms with Gasteiger partial charge in [-0.05, 0) is 77.0 Å². The lowest BCUT2D eigenvalue weighted by Gasteiger charge is -2.18. The van der Waals surface area contributed by atoms with Crippen molar-refractivity contribution in [1.29, 1.82) is 0 Å². The number of unbranched alkanes of at least 4 members (excludes halogenated alkanes) is 44. The molecule has 0 aliphatic carbocycles. The van der Waals surface area contributed by atoms with E-state index in [9.17, 15) is 14.4 Å². The van der Waals surface area contributed by atoms with Crippen LogP contribution in [0.4, 0.5) is 0 Å². The highest BCUT2D eigenvalue weighted by molar-refractivity contribution is 5.71.